The summed E-state index contributed by atoms with van der Waals surface area (Å²) in [6.45, 7) is 3.81. The number of aryl methyl sites for hydroxylation is 2. The molecule has 0 spiro atoms. The SMILES string of the molecule is Cc1cc(C)n(-c2ccc(N)cc2C(N)=O)n1. The lowest BCUT2D eigenvalue weighted by molar-refractivity contribution is 0.1000. The van der Waals surface area contributed by atoms with E-state index in [0.717, 1.165) is 11.4 Å². The van der Waals surface area contributed by atoms with Gasteiger partial charge in [-0.25, -0.2) is 4.68 Å². The van der Waals surface area contributed by atoms with Gasteiger partial charge in [-0.3, -0.25) is 4.79 Å². The molecule has 0 bridgehead atoms. The van der Waals surface area contributed by atoms with Crippen molar-refractivity contribution in [2.45, 2.75) is 13.8 Å². The number of primary amides is 1. The van der Waals surface area contributed by atoms with Crippen molar-refractivity contribution in [1.29, 1.82) is 0 Å². The molecule has 0 aliphatic carbocycles. The Balaban J connectivity index is 2.67. The Hall–Kier alpha value is -2.30. The summed E-state index contributed by atoms with van der Waals surface area (Å²) in [5.74, 6) is -0.514. The molecule has 0 radical (unpaired) electrons. The quantitative estimate of drug-likeness (QED) is 0.759. The van der Waals surface area contributed by atoms with Crippen LogP contribution in [0.15, 0.2) is 24.3 Å². The molecule has 0 unspecified atom stereocenters. The Labute approximate surface area is 99.0 Å². The summed E-state index contributed by atoms with van der Waals surface area (Å²) in [6, 6.07) is 6.96. The van der Waals surface area contributed by atoms with Crippen LogP contribution in [-0.2, 0) is 0 Å². The number of aromatic nitrogens is 2. The first-order valence-electron chi connectivity index (χ1n) is 5.22. The van der Waals surface area contributed by atoms with E-state index in [9.17, 15) is 4.79 Å². The third kappa shape index (κ3) is 1.99. The highest BCUT2D eigenvalue weighted by molar-refractivity contribution is 5.97. The van der Waals surface area contributed by atoms with Gasteiger partial charge < -0.3 is 11.5 Å². The molecule has 5 nitrogen and oxygen atoms in total. The van der Waals surface area contributed by atoms with E-state index >= 15 is 0 Å². The smallest absolute Gasteiger partial charge is 0.250 e. The summed E-state index contributed by atoms with van der Waals surface area (Å²) in [5.41, 5.74) is 14.3. The maximum Gasteiger partial charge on any atom is 0.250 e. The van der Waals surface area contributed by atoms with Gasteiger partial charge in [0.05, 0.1) is 16.9 Å². The van der Waals surface area contributed by atoms with Crippen molar-refractivity contribution >= 4 is 11.6 Å². The minimum absolute atomic E-state index is 0.371. The van der Waals surface area contributed by atoms with Crippen LogP contribution in [0, 0.1) is 13.8 Å². The monoisotopic (exact) mass is 230 g/mol. The lowest BCUT2D eigenvalue weighted by atomic mass is 10.1. The van der Waals surface area contributed by atoms with Crippen LogP contribution in [0.25, 0.3) is 5.69 Å². The van der Waals surface area contributed by atoms with Gasteiger partial charge >= 0.3 is 0 Å². The van der Waals surface area contributed by atoms with E-state index in [0.29, 0.717) is 16.9 Å². The lowest BCUT2D eigenvalue weighted by Crippen LogP contribution is -2.16. The number of hydrogen-bond donors (Lipinski definition) is 2. The summed E-state index contributed by atoms with van der Waals surface area (Å²) in [7, 11) is 0. The van der Waals surface area contributed by atoms with Gasteiger partial charge in [0.15, 0.2) is 0 Å². The molecule has 0 atom stereocenters. The maximum atomic E-state index is 11.4. The second-order valence-corrected chi connectivity index (χ2v) is 3.98. The zero-order valence-electron chi connectivity index (χ0n) is 9.77. The van der Waals surface area contributed by atoms with Crippen LogP contribution in [-0.4, -0.2) is 15.7 Å². The van der Waals surface area contributed by atoms with E-state index in [1.807, 2.05) is 19.9 Å². The molecule has 0 saturated heterocycles. The Morgan fingerprint density at radius 3 is 2.53 bits per heavy atom. The summed E-state index contributed by atoms with van der Waals surface area (Å²) in [6.07, 6.45) is 0. The van der Waals surface area contributed by atoms with E-state index in [-0.39, 0.29) is 0 Å². The van der Waals surface area contributed by atoms with Crippen molar-refractivity contribution in [2.24, 2.45) is 5.73 Å². The second kappa shape index (κ2) is 3.93. The van der Waals surface area contributed by atoms with Gasteiger partial charge in [0, 0.05) is 11.4 Å². The molecule has 1 amide bonds. The number of hydrogen-bond acceptors (Lipinski definition) is 3. The first-order chi connectivity index (χ1) is 7.99. The standard InChI is InChI=1S/C12H14N4O/c1-7-5-8(2)16(15-7)11-4-3-9(13)6-10(11)12(14)17/h3-6H,13H2,1-2H3,(H2,14,17). The van der Waals surface area contributed by atoms with Crippen LogP contribution in [0.2, 0.25) is 0 Å². The van der Waals surface area contributed by atoms with E-state index in [1.165, 1.54) is 0 Å². The van der Waals surface area contributed by atoms with Crippen molar-refractivity contribution < 1.29 is 4.79 Å². The summed E-state index contributed by atoms with van der Waals surface area (Å²) in [4.78, 5) is 11.4. The van der Waals surface area contributed by atoms with Crippen LogP contribution in [0.1, 0.15) is 21.7 Å². The molecule has 0 fully saturated rings. The number of amides is 1. The molecule has 0 saturated carbocycles. The van der Waals surface area contributed by atoms with Crippen LogP contribution in [0.5, 0.6) is 0 Å². The predicted molar refractivity (Wildman–Crippen MR) is 66.0 cm³/mol. The fourth-order valence-electron chi connectivity index (χ4n) is 1.81. The third-order valence-electron chi connectivity index (χ3n) is 2.52. The van der Waals surface area contributed by atoms with Crippen molar-refractivity contribution in [1.82, 2.24) is 9.78 Å². The van der Waals surface area contributed by atoms with Crippen LogP contribution < -0.4 is 11.5 Å². The number of nitrogens with zero attached hydrogens (tertiary/aromatic N) is 2. The number of anilines is 1. The van der Waals surface area contributed by atoms with Crippen molar-refractivity contribution in [3.8, 4) is 5.69 Å². The largest absolute Gasteiger partial charge is 0.399 e. The van der Waals surface area contributed by atoms with Gasteiger partial charge in [0.2, 0.25) is 0 Å². The molecule has 0 aliphatic heterocycles. The van der Waals surface area contributed by atoms with Gasteiger partial charge in [-0.2, -0.15) is 5.10 Å². The third-order valence-corrected chi connectivity index (χ3v) is 2.52. The number of nitrogen functional groups attached to an aromatic ring is 1. The Morgan fingerprint density at radius 1 is 1.29 bits per heavy atom. The number of nitrogens with two attached hydrogens (primary N) is 2. The Bertz CT molecular complexity index is 586. The minimum atomic E-state index is -0.514. The fourth-order valence-corrected chi connectivity index (χ4v) is 1.81. The molecular weight excluding hydrogens is 216 g/mol. The minimum Gasteiger partial charge on any atom is -0.399 e. The normalized spacial score (nSPS) is 10.5. The van der Waals surface area contributed by atoms with Crippen LogP contribution in [0.4, 0.5) is 5.69 Å². The number of carbonyl (C=O) groups excluding carboxylic acids is 1. The van der Waals surface area contributed by atoms with Gasteiger partial charge in [-0.15, -0.1) is 0 Å². The molecule has 17 heavy (non-hydrogen) atoms. The second-order valence-electron chi connectivity index (χ2n) is 3.98. The number of rotatable bonds is 2. The van der Waals surface area contributed by atoms with Crippen molar-refractivity contribution in [3.05, 3.63) is 41.2 Å². The molecule has 1 heterocycles. The van der Waals surface area contributed by atoms with E-state index in [1.54, 1.807) is 22.9 Å². The highest BCUT2D eigenvalue weighted by Gasteiger charge is 2.13. The molecule has 5 heteroatoms. The highest BCUT2D eigenvalue weighted by atomic mass is 16.1. The van der Waals surface area contributed by atoms with Crippen molar-refractivity contribution in [2.75, 3.05) is 5.73 Å². The lowest BCUT2D eigenvalue weighted by Gasteiger charge is -2.09. The van der Waals surface area contributed by atoms with Crippen LogP contribution in [0.3, 0.4) is 0 Å². The summed E-state index contributed by atoms with van der Waals surface area (Å²) < 4.78 is 1.69. The van der Waals surface area contributed by atoms with Crippen molar-refractivity contribution in [3.63, 3.8) is 0 Å². The predicted octanol–water partition coefficient (Wildman–Crippen LogP) is 1.17. The van der Waals surface area contributed by atoms with Gasteiger partial charge in [0.25, 0.3) is 5.91 Å². The van der Waals surface area contributed by atoms with Crippen LogP contribution >= 0.6 is 0 Å². The zero-order chi connectivity index (χ0) is 12.6. The molecule has 4 N–H and O–H groups in total. The molecule has 2 rings (SSSR count). The Morgan fingerprint density at radius 2 is 2.00 bits per heavy atom. The average molecular weight is 230 g/mol. The fraction of sp³-hybridized carbons (Fsp3) is 0.167. The van der Waals surface area contributed by atoms with E-state index in [4.69, 9.17) is 11.5 Å². The summed E-state index contributed by atoms with van der Waals surface area (Å²) >= 11 is 0. The molecular formula is C12H14N4O. The van der Waals surface area contributed by atoms with E-state index < -0.39 is 5.91 Å². The van der Waals surface area contributed by atoms with Gasteiger partial charge in [0.1, 0.15) is 0 Å². The van der Waals surface area contributed by atoms with E-state index in [2.05, 4.69) is 5.10 Å². The first-order valence-corrected chi connectivity index (χ1v) is 5.22. The molecule has 88 valence electrons. The topological polar surface area (TPSA) is 86.9 Å². The average Bonchev–Trinajstić information content (AvgIpc) is 2.57. The zero-order valence-corrected chi connectivity index (χ0v) is 9.77. The summed E-state index contributed by atoms with van der Waals surface area (Å²) in [5, 5.41) is 4.32. The number of benzene rings is 1. The Kier molecular flexibility index (Phi) is 2.59. The first kappa shape index (κ1) is 11.2. The van der Waals surface area contributed by atoms with Gasteiger partial charge in [-0.05, 0) is 38.1 Å². The highest BCUT2D eigenvalue weighted by Crippen LogP contribution is 2.19. The number of carbonyl (C=O) groups is 1. The maximum absolute atomic E-state index is 11.4. The molecule has 2 aromatic rings. The molecule has 1 aromatic heterocycles. The van der Waals surface area contributed by atoms with Gasteiger partial charge in [-0.1, -0.05) is 0 Å². The molecule has 0 aliphatic rings. The molecule has 1 aromatic carbocycles.